The smallest absolute Gasteiger partial charge is 0.244 e. The van der Waals surface area contributed by atoms with Crippen LogP contribution in [0.25, 0.3) is 0 Å². The first-order valence-electron chi connectivity index (χ1n) is 11.2. The summed E-state index contributed by atoms with van der Waals surface area (Å²) in [4.78, 5) is 27.8. The molecule has 0 radical (unpaired) electrons. The molecule has 0 aliphatic rings. The van der Waals surface area contributed by atoms with Crippen LogP contribution in [0.2, 0.25) is 0 Å². The second-order valence-corrected chi connectivity index (χ2v) is 11.8. The second kappa shape index (κ2) is 11.8. The van der Waals surface area contributed by atoms with E-state index in [2.05, 4.69) is 21.2 Å². The van der Waals surface area contributed by atoms with Crippen LogP contribution in [-0.4, -0.2) is 50.5 Å². The highest BCUT2D eigenvalue weighted by Crippen LogP contribution is 2.24. The number of amides is 2. The number of aryl methyl sites for hydroxylation is 2. The highest BCUT2D eigenvalue weighted by Gasteiger charge is 2.30. The molecule has 7 nitrogen and oxygen atoms in total. The monoisotopic (exact) mass is 551 g/mol. The molecular formula is C25H34BrN3O4S. The molecule has 9 heteroatoms. The molecule has 1 atom stereocenters. The van der Waals surface area contributed by atoms with Gasteiger partial charge in [-0.2, -0.15) is 0 Å². The number of carbonyl (C=O) groups excluding carboxylic acids is 2. The summed E-state index contributed by atoms with van der Waals surface area (Å²) in [5, 5.41) is 2.87. The molecule has 2 amide bonds. The van der Waals surface area contributed by atoms with E-state index < -0.39 is 28.5 Å². The fraction of sp³-hybridized carbons (Fsp3) is 0.440. The first-order chi connectivity index (χ1) is 15.8. The van der Waals surface area contributed by atoms with Gasteiger partial charge in [-0.15, -0.1) is 0 Å². The van der Waals surface area contributed by atoms with Crippen molar-refractivity contribution in [3.05, 3.63) is 63.6 Å². The van der Waals surface area contributed by atoms with Gasteiger partial charge in [0.15, 0.2) is 0 Å². The summed E-state index contributed by atoms with van der Waals surface area (Å²) >= 11 is 3.44. The molecule has 2 aromatic rings. The molecule has 0 heterocycles. The van der Waals surface area contributed by atoms with E-state index in [-0.39, 0.29) is 18.4 Å². The molecule has 2 rings (SSSR count). The Labute approximate surface area is 211 Å². The van der Waals surface area contributed by atoms with E-state index in [9.17, 15) is 18.0 Å². The van der Waals surface area contributed by atoms with Crippen LogP contribution in [0.4, 0.5) is 5.69 Å². The predicted molar refractivity (Wildman–Crippen MR) is 140 cm³/mol. The Bertz CT molecular complexity index is 1130. The molecule has 0 aliphatic carbocycles. The molecule has 2 aromatic carbocycles. The molecule has 0 unspecified atom stereocenters. The summed E-state index contributed by atoms with van der Waals surface area (Å²) in [7, 11) is -3.75. The third-order valence-electron chi connectivity index (χ3n) is 5.39. The maximum Gasteiger partial charge on any atom is 0.244 e. The van der Waals surface area contributed by atoms with Crippen molar-refractivity contribution in [1.29, 1.82) is 0 Å². The maximum atomic E-state index is 13.6. The Morgan fingerprint density at radius 2 is 1.74 bits per heavy atom. The van der Waals surface area contributed by atoms with E-state index in [4.69, 9.17) is 0 Å². The third-order valence-corrected chi connectivity index (χ3v) is 7.01. The first kappa shape index (κ1) is 27.9. The Balaban J connectivity index is 2.40. The summed E-state index contributed by atoms with van der Waals surface area (Å²) < 4.78 is 27.3. The largest absolute Gasteiger partial charge is 0.354 e. The number of sulfonamides is 1. The summed E-state index contributed by atoms with van der Waals surface area (Å²) in [6.45, 7) is 9.62. The zero-order valence-electron chi connectivity index (χ0n) is 20.6. The van der Waals surface area contributed by atoms with Gasteiger partial charge in [-0.1, -0.05) is 59.6 Å². The van der Waals surface area contributed by atoms with Gasteiger partial charge in [0.2, 0.25) is 21.8 Å². The highest BCUT2D eigenvalue weighted by atomic mass is 79.9. The maximum absolute atomic E-state index is 13.6. The lowest BCUT2D eigenvalue weighted by atomic mass is 10.1. The van der Waals surface area contributed by atoms with Crippen LogP contribution in [0.15, 0.2) is 46.9 Å². The Morgan fingerprint density at radius 1 is 1.06 bits per heavy atom. The van der Waals surface area contributed by atoms with Crippen molar-refractivity contribution in [2.45, 2.75) is 47.2 Å². The van der Waals surface area contributed by atoms with Gasteiger partial charge >= 0.3 is 0 Å². The quantitative estimate of drug-likeness (QED) is 0.483. The number of carbonyl (C=O) groups is 2. The van der Waals surface area contributed by atoms with Crippen molar-refractivity contribution >= 4 is 43.5 Å². The number of benzene rings is 2. The van der Waals surface area contributed by atoms with Gasteiger partial charge in [-0.05, 0) is 56.0 Å². The number of nitrogens with one attached hydrogen (secondary N) is 1. The molecule has 0 saturated heterocycles. The molecule has 0 bridgehead atoms. The van der Waals surface area contributed by atoms with Crippen LogP contribution in [0.3, 0.4) is 0 Å². The van der Waals surface area contributed by atoms with E-state index in [0.29, 0.717) is 12.2 Å². The minimum absolute atomic E-state index is 0.166. The summed E-state index contributed by atoms with van der Waals surface area (Å²) in [5.74, 6) is -0.484. The number of rotatable bonds is 10. The summed E-state index contributed by atoms with van der Waals surface area (Å²) in [6.07, 6.45) is 1.08. The average Bonchev–Trinajstić information content (AvgIpc) is 2.73. The first-order valence-corrected chi connectivity index (χ1v) is 13.8. The minimum Gasteiger partial charge on any atom is -0.354 e. The van der Waals surface area contributed by atoms with Crippen molar-refractivity contribution in [1.82, 2.24) is 10.2 Å². The lowest BCUT2D eigenvalue weighted by Gasteiger charge is -2.32. The SMILES string of the molecule is Cc1ccc(N(CC(=O)N(Cc2cccc(Br)c2)[C@H](C)C(=O)NCC(C)C)S(C)(=O)=O)c(C)c1. The van der Waals surface area contributed by atoms with Gasteiger partial charge in [0, 0.05) is 17.6 Å². The van der Waals surface area contributed by atoms with Crippen molar-refractivity contribution in [3.63, 3.8) is 0 Å². The molecule has 1 N–H and O–H groups in total. The third kappa shape index (κ3) is 7.84. The van der Waals surface area contributed by atoms with Crippen molar-refractivity contribution in [2.75, 3.05) is 23.7 Å². The molecular weight excluding hydrogens is 518 g/mol. The van der Waals surface area contributed by atoms with E-state index in [1.54, 1.807) is 13.0 Å². The van der Waals surface area contributed by atoms with Crippen LogP contribution < -0.4 is 9.62 Å². The van der Waals surface area contributed by atoms with Crippen molar-refractivity contribution in [2.24, 2.45) is 5.92 Å². The van der Waals surface area contributed by atoms with Crippen LogP contribution in [-0.2, 0) is 26.2 Å². The number of anilines is 1. The lowest BCUT2D eigenvalue weighted by molar-refractivity contribution is -0.139. The number of hydrogen-bond donors (Lipinski definition) is 1. The van der Waals surface area contributed by atoms with E-state index >= 15 is 0 Å². The zero-order valence-corrected chi connectivity index (χ0v) is 23.0. The topological polar surface area (TPSA) is 86.8 Å². The van der Waals surface area contributed by atoms with E-state index in [1.807, 2.05) is 64.1 Å². The fourth-order valence-corrected chi connectivity index (χ4v) is 4.90. The Kier molecular flexibility index (Phi) is 9.70. The average molecular weight is 553 g/mol. The molecule has 186 valence electrons. The second-order valence-electron chi connectivity index (χ2n) is 9.03. The predicted octanol–water partition coefficient (Wildman–Crippen LogP) is 4.02. The highest BCUT2D eigenvalue weighted by molar-refractivity contribution is 9.10. The van der Waals surface area contributed by atoms with Crippen LogP contribution >= 0.6 is 15.9 Å². The molecule has 0 spiro atoms. The van der Waals surface area contributed by atoms with Crippen molar-refractivity contribution in [3.8, 4) is 0 Å². The molecule has 34 heavy (non-hydrogen) atoms. The summed E-state index contributed by atoms with van der Waals surface area (Å²) in [6, 6.07) is 12.1. The van der Waals surface area contributed by atoms with E-state index in [0.717, 1.165) is 31.7 Å². The number of hydrogen-bond acceptors (Lipinski definition) is 4. The van der Waals surface area contributed by atoms with Gasteiger partial charge in [-0.3, -0.25) is 13.9 Å². The van der Waals surface area contributed by atoms with Gasteiger partial charge in [0.1, 0.15) is 12.6 Å². The van der Waals surface area contributed by atoms with Crippen LogP contribution in [0, 0.1) is 19.8 Å². The number of halogens is 1. The molecule has 0 fully saturated rings. The van der Waals surface area contributed by atoms with Gasteiger partial charge < -0.3 is 10.2 Å². The standard InChI is InChI=1S/C25H34BrN3O4S/c1-17(2)14-27-25(31)20(5)28(15-21-8-7-9-22(26)13-21)24(30)16-29(34(6,32)33)23-11-10-18(3)12-19(23)4/h7-13,17,20H,14-16H2,1-6H3,(H,27,31)/t20-/m1/s1. The zero-order chi connectivity index (χ0) is 25.6. The van der Waals surface area contributed by atoms with Crippen LogP contribution in [0.1, 0.15) is 37.5 Å². The summed E-state index contributed by atoms with van der Waals surface area (Å²) in [5.41, 5.74) is 3.01. The van der Waals surface area contributed by atoms with E-state index in [1.165, 1.54) is 4.90 Å². The Hall–Kier alpha value is -2.39. The number of nitrogens with zero attached hydrogens (tertiary/aromatic N) is 2. The van der Waals surface area contributed by atoms with Crippen LogP contribution in [0.5, 0.6) is 0 Å². The van der Waals surface area contributed by atoms with Gasteiger partial charge in [0.25, 0.3) is 0 Å². The minimum atomic E-state index is -3.75. The van der Waals surface area contributed by atoms with Gasteiger partial charge in [-0.25, -0.2) is 8.42 Å². The molecule has 0 aromatic heterocycles. The Morgan fingerprint density at radius 3 is 2.29 bits per heavy atom. The normalized spacial score (nSPS) is 12.4. The lowest BCUT2D eigenvalue weighted by Crippen LogP contribution is -2.51. The molecule has 0 aliphatic heterocycles. The molecule has 0 saturated carbocycles. The van der Waals surface area contributed by atoms with Gasteiger partial charge in [0.05, 0.1) is 11.9 Å². The van der Waals surface area contributed by atoms with Crippen molar-refractivity contribution < 1.29 is 18.0 Å². The fourth-order valence-electron chi connectivity index (χ4n) is 3.55.